The van der Waals surface area contributed by atoms with Crippen LogP contribution in [0.15, 0.2) is 0 Å². The van der Waals surface area contributed by atoms with Crippen LogP contribution >= 0.6 is 0 Å². The molecular formula is C17H31NO2. The summed E-state index contributed by atoms with van der Waals surface area (Å²) in [6.07, 6.45) is 11.2. The van der Waals surface area contributed by atoms with Crippen molar-refractivity contribution in [3.63, 3.8) is 0 Å². The molecule has 0 aromatic heterocycles. The van der Waals surface area contributed by atoms with Gasteiger partial charge in [-0.3, -0.25) is 0 Å². The smallest absolute Gasteiger partial charge is 0.0708 e. The zero-order valence-corrected chi connectivity index (χ0v) is 13.4. The zero-order valence-electron chi connectivity index (χ0n) is 13.4. The predicted octanol–water partition coefficient (Wildman–Crippen LogP) is 3.27. The third-order valence-electron chi connectivity index (χ3n) is 6.16. The number of methoxy groups -OCH3 is 1. The van der Waals surface area contributed by atoms with Crippen molar-refractivity contribution >= 4 is 0 Å². The lowest BCUT2D eigenvalue weighted by Crippen LogP contribution is -2.61. The highest BCUT2D eigenvalue weighted by Gasteiger charge is 2.49. The summed E-state index contributed by atoms with van der Waals surface area (Å²) >= 11 is 0. The predicted molar refractivity (Wildman–Crippen MR) is 80.9 cm³/mol. The number of nitrogens with one attached hydrogen (secondary N) is 1. The molecule has 1 aliphatic heterocycles. The minimum absolute atomic E-state index is 0.259. The molecule has 0 bridgehead atoms. The Labute approximate surface area is 123 Å². The third kappa shape index (κ3) is 2.65. The van der Waals surface area contributed by atoms with Gasteiger partial charge >= 0.3 is 0 Å². The lowest BCUT2D eigenvalue weighted by molar-refractivity contribution is -0.105. The van der Waals surface area contributed by atoms with Crippen molar-refractivity contribution in [2.45, 2.75) is 89.1 Å². The van der Waals surface area contributed by atoms with Crippen molar-refractivity contribution in [2.75, 3.05) is 13.7 Å². The number of hydrogen-bond acceptors (Lipinski definition) is 3. The summed E-state index contributed by atoms with van der Waals surface area (Å²) in [5, 5.41) is 3.73. The molecule has 3 heteroatoms. The molecule has 0 amide bonds. The van der Waals surface area contributed by atoms with Crippen LogP contribution in [0, 0.1) is 5.41 Å². The lowest BCUT2D eigenvalue weighted by atomic mass is 9.64. The second-order valence-electron chi connectivity index (χ2n) is 7.76. The molecule has 2 aliphatic carbocycles. The van der Waals surface area contributed by atoms with Crippen molar-refractivity contribution in [3.05, 3.63) is 0 Å². The molecule has 3 fully saturated rings. The number of rotatable bonds is 4. The molecule has 3 nitrogen and oxygen atoms in total. The van der Waals surface area contributed by atoms with E-state index in [0.29, 0.717) is 18.2 Å². The molecule has 3 aliphatic rings. The van der Waals surface area contributed by atoms with Crippen LogP contribution < -0.4 is 5.32 Å². The van der Waals surface area contributed by atoms with E-state index in [-0.39, 0.29) is 11.0 Å². The largest absolute Gasteiger partial charge is 0.381 e. The molecule has 2 saturated carbocycles. The van der Waals surface area contributed by atoms with Crippen molar-refractivity contribution < 1.29 is 9.47 Å². The van der Waals surface area contributed by atoms with E-state index in [1.807, 2.05) is 7.11 Å². The first-order valence-corrected chi connectivity index (χ1v) is 8.50. The monoisotopic (exact) mass is 281 g/mol. The fraction of sp³-hybridized carbons (Fsp3) is 1.00. The summed E-state index contributed by atoms with van der Waals surface area (Å²) in [5.41, 5.74) is 0.519. The van der Waals surface area contributed by atoms with E-state index in [1.165, 1.54) is 44.9 Å². The molecule has 20 heavy (non-hydrogen) atoms. The highest BCUT2D eigenvalue weighted by molar-refractivity contribution is 5.03. The summed E-state index contributed by atoms with van der Waals surface area (Å²) < 4.78 is 12.0. The van der Waals surface area contributed by atoms with Crippen LogP contribution in [-0.2, 0) is 9.47 Å². The van der Waals surface area contributed by atoms with Gasteiger partial charge in [-0.05, 0) is 32.1 Å². The van der Waals surface area contributed by atoms with Crippen molar-refractivity contribution in [3.8, 4) is 0 Å². The van der Waals surface area contributed by atoms with Gasteiger partial charge in [0, 0.05) is 25.1 Å². The molecule has 1 heterocycles. The van der Waals surface area contributed by atoms with Crippen molar-refractivity contribution in [2.24, 2.45) is 5.41 Å². The first kappa shape index (κ1) is 14.8. The Morgan fingerprint density at radius 3 is 2.55 bits per heavy atom. The van der Waals surface area contributed by atoms with Crippen molar-refractivity contribution in [1.29, 1.82) is 0 Å². The van der Waals surface area contributed by atoms with E-state index >= 15 is 0 Å². The van der Waals surface area contributed by atoms with Gasteiger partial charge in [-0.1, -0.05) is 33.1 Å². The molecule has 0 aromatic carbocycles. The molecule has 3 rings (SSSR count). The average Bonchev–Trinajstić information content (AvgIpc) is 2.81. The van der Waals surface area contributed by atoms with Gasteiger partial charge < -0.3 is 14.8 Å². The summed E-state index contributed by atoms with van der Waals surface area (Å²) in [6, 6.07) is 0.582. The van der Waals surface area contributed by atoms with Crippen LogP contribution in [0.5, 0.6) is 0 Å². The zero-order chi connectivity index (χ0) is 14.2. The van der Waals surface area contributed by atoms with Crippen LogP contribution in [0.2, 0.25) is 0 Å². The van der Waals surface area contributed by atoms with Gasteiger partial charge in [0.15, 0.2) is 0 Å². The molecule has 116 valence electrons. The van der Waals surface area contributed by atoms with Gasteiger partial charge in [-0.15, -0.1) is 0 Å². The second-order valence-corrected chi connectivity index (χ2v) is 7.76. The van der Waals surface area contributed by atoms with E-state index in [1.54, 1.807) is 0 Å². The molecule has 1 N–H and O–H groups in total. The maximum Gasteiger partial charge on any atom is 0.0708 e. The highest BCUT2D eigenvalue weighted by Crippen LogP contribution is 2.44. The minimum atomic E-state index is 0.259. The maximum atomic E-state index is 6.44. The minimum Gasteiger partial charge on any atom is -0.381 e. The van der Waals surface area contributed by atoms with Gasteiger partial charge in [0.05, 0.1) is 17.8 Å². The summed E-state index contributed by atoms with van der Waals surface area (Å²) in [7, 11) is 1.83. The molecule has 3 atom stereocenters. The molecular weight excluding hydrogens is 250 g/mol. The Kier molecular flexibility index (Phi) is 4.13. The van der Waals surface area contributed by atoms with E-state index in [9.17, 15) is 0 Å². The lowest BCUT2D eigenvalue weighted by Gasteiger charge is -2.51. The Balaban J connectivity index is 1.44. The fourth-order valence-electron chi connectivity index (χ4n) is 4.51. The quantitative estimate of drug-likeness (QED) is 0.858. The molecule has 0 radical (unpaired) electrons. The Bertz CT molecular complexity index is 336. The third-order valence-corrected chi connectivity index (χ3v) is 6.16. The normalized spacial score (nSPS) is 38.9. The van der Waals surface area contributed by atoms with Gasteiger partial charge in [0.2, 0.25) is 0 Å². The number of ether oxygens (including phenoxy) is 2. The van der Waals surface area contributed by atoms with Crippen LogP contribution in [0.4, 0.5) is 0 Å². The topological polar surface area (TPSA) is 30.5 Å². The van der Waals surface area contributed by atoms with E-state index in [2.05, 4.69) is 19.2 Å². The molecule has 0 aromatic rings. The van der Waals surface area contributed by atoms with Gasteiger partial charge in [-0.2, -0.15) is 0 Å². The maximum absolute atomic E-state index is 6.44. The van der Waals surface area contributed by atoms with Gasteiger partial charge in [0.1, 0.15) is 0 Å². The summed E-state index contributed by atoms with van der Waals surface area (Å²) in [4.78, 5) is 0. The van der Waals surface area contributed by atoms with E-state index < -0.39 is 0 Å². The Morgan fingerprint density at radius 1 is 1.15 bits per heavy atom. The standard InChI is InChI=1S/C17H31NO2/c1-16(2)14(11-15(16)19-3)18-12-13-7-10-17(20-13)8-5-4-6-9-17/h13-15,18H,4-12H2,1-3H3. The first-order chi connectivity index (χ1) is 9.56. The Hall–Kier alpha value is -0.120. The van der Waals surface area contributed by atoms with E-state index in [0.717, 1.165) is 13.0 Å². The second kappa shape index (κ2) is 5.58. The van der Waals surface area contributed by atoms with Crippen LogP contribution in [-0.4, -0.2) is 37.5 Å². The van der Waals surface area contributed by atoms with Gasteiger partial charge in [0.25, 0.3) is 0 Å². The highest BCUT2D eigenvalue weighted by atomic mass is 16.5. The fourth-order valence-corrected chi connectivity index (χ4v) is 4.51. The van der Waals surface area contributed by atoms with Crippen LogP contribution in [0.3, 0.4) is 0 Å². The van der Waals surface area contributed by atoms with Crippen molar-refractivity contribution in [1.82, 2.24) is 5.32 Å². The van der Waals surface area contributed by atoms with Crippen LogP contribution in [0.25, 0.3) is 0 Å². The molecule has 1 spiro atoms. The average molecular weight is 281 g/mol. The SMILES string of the molecule is COC1CC(NCC2CCC3(CCCCC3)O2)C1(C)C. The van der Waals surface area contributed by atoms with Gasteiger partial charge in [-0.25, -0.2) is 0 Å². The first-order valence-electron chi connectivity index (χ1n) is 8.50. The molecule has 3 unspecified atom stereocenters. The summed E-state index contributed by atoms with van der Waals surface area (Å²) in [6.45, 7) is 5.63. The van der Waals surface area contributed by atoms with E-state index in [4.69, 9.17) is 9.47 Å². The molecule has 1 saturated heterocycles. The summed E-state index contributed by atoms with van der Waals surface area (Å²) in [5.74, 6) is 0. The van der Waals surface area contributed by atoms with Crippen LogP contribution in [0.1, 0.15) is 65.2 Å². The Morgan fingerprint density at radius 2 is 1.90 bits per heavy atom. The number of hydrogen-bond donors (Lipinski definition) is 1.